The molecular weight excluding hydrogens is 460 g/mol. The number of aliphatic hydroxyl groups excluding tert-OH is 1. The van der Waals surface area contributed by atoms with Crippen LogP contribution in [0, 0.1) is 0 Å². The molecule has 0 aliphatic carbocycles. The van der Waals surface area contributed by atoms with Crippen LogP contribution in [-0.2, 0) is 20.8 Å². The fourth-order valence-electron chi connectivity index (χ4n) is 3.17. The van der Waals surface area contributed by atoms with Gasteiger partial charge in [0, 0.05) is 18.3 Å². The van der Waals surface area contributed by atoms with E-state index in [0.717, 1.165) is 6.26 Å². The molecule has 0 saturated carbocycles. The van der Waals surface area contributed by atoms with Gasteiger partial charge in [-0.25, -0.2) is 4.98 Å². The zero-order valence-corrected chi connectivity index (χ0v) is 20.1. The molecule has 3 rings (SSSR count). The third-order valence-electron chi connectivity index (χ3n) is 4.72. The third-order valence-corrected chi connectivity index (χ3v) is 5.31. The number of hydrogen-bond acceptors (Lipinski definition) is 9. The van der Waals surface area contributed by atoms with Gasteiger partial charge in [-0.3, -0.25) is 4.18 Å². The van der Waals surface area contributed by atoms with Gasteiger partial charge in [-0.15, -0.1) is 0 Å². The van der Waals surface area contributed by atoms with Gasteiger partial charge >= 0.3 is 0 Å². The summed E-state index contributed by atoms with van der Waals surface area (Å²) < 4.78 is 44.2. The van der Waals surface area contributed by atoms with Crippen LogP contribution in [-0.4, -0.2) is 51.3 Å². The maximum atomic E-state index is 11.2. The van der Waals surface area contributed by atoms with Gasteiger partial charge in [-0.05, 0) is 49.4 Å². The Hall–Kier alpha value is -3.34. The quantitative estimate of drug-likeness (QED) is 0.232. The minimum atomic E-state index is -3.56. The second-order valence-corrected chi connectivity index (χ2v) is 8.99. The minimum Gasteiger partial charge on any atom is -0.497 e. The van der Waals surface area contributed by atoms with Crippen LogP contribution in [0.5, 0.6) is 23.1 Å². The van der Waals surface area contributed by atoms with E-state index in [1.807, 2.05) is 30.3 Å². The zero-order chi connectivity index (χ0) is 24.6. The van der Waals surface area contributed by atoms with Crippen molar-refractivity contribution in [3.8, 4) is 23.1 Å². The van der Waals surface area contributed by atoms with Gasteiger partial charge < -0.3 is 24.2 Å². The topological polar surface area (TPSA) is 107 Å². The van der Waals surface area contributed by atoms with Crippen LogP contribution >= 0.6 is 0 Å². The number of aromatic nitrogens is 1. The molecule has 0 bridgehead atoms. The van der Waals surface area contributed by atoms with Crippen LogP contribution in [0.15, 0.2) is 66.9 Å². The average molecular weight is 489 g/mol. The summed E-state index contributed by atoms with van der Waals surface area (Å²) in [6.07, 6.45) is 1.70. The van der Waals surface area contributed by atoms with Crippen molar-refractivity contribution < 1.29 is 31.9 Å². The molecule has 0 radical (unpaired) electrons. The summed E-state index contributed by atoms with van der Waals surface area (Å²) in [5.74, 6) is 2.05. The van der Waals surface area contributed by atoms with Gasteiger partial charge in [-0.1, -0.05) is 18.2 Å². The molecule has 9 nitrogen and oxygen atoms in total. The Morgan fingerprint density at radius 2 is 1.79 bits per heavy atom. The molecule has 2 aromatic carbocycles. The van der Waals surface area contributed by atoms with Gasteiger partial charge in [-0.2, -0.15) is 8.42 Å². The number of ether oxygens (including phenoxy) is 3. The predicted octanol–water partition coefficient (Wildman–Crippen LogP) is 3.58. The number of para-hydroxylation sites is 1. The van der Waals surface area contributed by atoms with E-state index in [4.69, 9.17) is 18.4 Å². The first-order chi connectivity index (χ1) is 16.3. The molecule has 0 saturated heterocycles. The molecule has 0 aliphatic rings. The number of methoxy groups -OCH3 is 1. The summed E-state index contributed by atoms with van der Waals surface area (Å²) in [6.45, 7) is 1.77. The van der Waals surface area contributed by atoms with Crippen LogP contribution < -0.4 is 19.1 Å². The smallest absolute Gasteiger partial charge is 0.264 e. The molecular formula is C24H28N2O7S. The summed E-state index contributed by atoms with van der Waals surface area (Å²) >= 11 is 0. The van der Waals surface area contributed by atoms with Crippen molar-refractivity contribution in [3.05, 3.63) is 72.4 Å². The molecule has 0 fully saturated rings. The summed E-state index contributed by atoms with van der Waals surface area (Å²) in [6, 6.07) is 18.0. The number of nitrogens with zero attached hydrogens (tertiary/aromatic N) is 2. The van der Waals surface area contributed by atoms with Crippen molar-refractivity contribution >= 4 is 15.8 Å². The number of anilines is 1. The highest BCUT2D eigenvalue weighted by molar-refractivity contribution is 7.85. The van der Waals surface area contributed by atoms with E-state index in [0.29, 0.717) is 34.4 Å². The van der Waals surface area contributed by atoms with Crippen molar-refractivity contribution in [1.29, 1.82) is 0 Å². The van der Waals surface area contributed by atoms with Crippen LogP contribution in [0.25, 0.3) is 0 Å². The highest BCUT2D eigenvalue weighted by atomic mass is 32.2. The number of pyridine rings is 1. The van der Waals surface area contributed by atoms with Crippen molar-refractivity contribution in [3.63, 3.8) is 0 Å². The Morgan fingerprint density at radius 3 is 2.47 bits per heavy atom. The van der Waals surface area contributed by atoms with Gasteiger partial charge in [0.25, 0.3) is 10.1 Å². The highest BCUT2D eigenvalue weighted by Gasteiger charge is 2.21. The zero-order valence-electron chi connectivity index (χ0n) is 19.2. The molecule has 1 atom stereocenters. The van der Waals surface area contributed by atoms with Gasteiger partial charge in [0.15, 0.2) is 0 Å². The number of rotatable bonds is 12. The Labute approximate surface area is 199 Å². The van der Waals surface area contributed by atoms with Gasteiger partial charge in [0.2, 0.25) is 5.88 Å². The summed E-state index contributed by atoms with van der Waals surface area (Å²) in [4.78, 5) is 6.06. The van der Waals surface area contributed by atoms with E-state index >= 15 is 0 Å². The fraction of sp³-hybridized carbons (Fsp3) is 0.292. The first-order valence-corrected chi connectivity index (χ1v) is 12.3. The Balaban J connectivity index is 1.87. The Kier molecular flexibility index (Phi) is 8.69. The average Bonchev–Trinajstić information content (AvgIpc) is 2.81. The second kappa shape index (κ2) is 11.7. The molecule has 182 valence electrons. The Morgan fingerprint density at radius 1 is 1.03 bits per heavy atom. The van der Waals surface area contributed by atoms with E-state index in [9.17, 15) is 13.5 Å². The fourth-order valence-corrected chi connectivity index (χ4v) is 3.54. The molecule has 0 amide bonds. The number of aliphatic hydroxyl groups is 1. The standard InChI is InChI=1S/C24H28N2O7S/c1-18(27)26(22-10-7-13-25-24(22)33-20-8-5-4-6-9-20)17-19-16-21(30-2)11-12-23(19)31-14-15-32-34(3,28)29/h4-13,16,18,27H,14-15,17H2,1-3H3. The molecule has 1 N–H and O–H groups in total. The van der Waals surface area contributed by atoms with Crippen LogP contribution in [0.2, 0.25) is 0 Å². The van der Waals surface area contributed by atoms with Crippen molar-refractivity contribution in [2.45, 2.75) is 19.7 Å². The molecule has 1 aromatic heterocycles. The molecule has 1 heterocycles. The molecule has 0 aliphatic heterocycles. The van der Waals surface area contributed by atoms with Crippen LogP contribution in [0.4, 0.5) is 5.69 Å². The lowest BCUT2D eigenvalue weighted by atomic mass is 10.1. The SMILES string of the molecule is COc1ccc(OCCOS(C)(=O)=O)c(CN(c2cccnc2Oc2ccccc2)C(C)O)c1. The van der Waals surface area contributed by atoms with E-state index < -0.39 is 16.3 Å². The maximum absolute atomic E-state index is 11.2. The third kappa shape index (κ3) is 7.34. The van der Waals surface area contributed by atoms with Crippen LogP contribution in [0.1, 0.15) is 12.5 Å². The lowest BCUT2D eigenvalue weighted by Crippen LogP contribution is -2.33. The maximum Gasteiger partial charge on any atom is 0.264 e. The second-order valence-electron chi connectivity index (χ2n) is 7.35. The van der Waals surface area contributed by atoms with E-state index in [-0.39, 0.29) is 19.8 Å². The van der Waals surface area contributed by atoms with E-state index in [1.165, 1.54) is 0 Å². The summed E-state index contributed by atoms with van der Waals surface area (Å²) in [5, 5.41) is 10.6. The lowest BCUT2D eigenvalue weighted by molar-refractivity contribution is 0.184. The predicted molar refractivity (Wildman–Crippen MR) is 128 cm³/mol. The first kappa shape index (κ1) is 25.3. The number of benzene rings is 2. The van der Waals surface area contributed by atoms with Crippen molar-refractivity contribution in [2.75, 3.05) is 31.5 Å². The normalized spacial score (nSPS) is 12.1. The lowest BCUT2D eigenvalue weighted by Gasteiger charge is -2.29. The molecule has 3 aromatic rings. The summed E-state index contributed by atoms with van der Waals surface area (Å²) in [7, 11) is -2.00. The van der Waals surface area contributed by atoms with Gasteiger partial charge in [0.1, 0.15) is 42.4 Å². The van der Waals surface area contributed by atoms with Crippen molar-refractivity contribution in [1.82, 2.24) is 4.98 Å². The molecule has 1 unspecified atom stereocenters. The largest absolute Gasteiger partial charge is 0.497 e. The molecule has 10 heteroatoms. The van der Waals surface area contributed by atoms with E-state index in [1.54, 1.807) is 55.5 Å². The van der Waals surface area contributed by atoms with Crippen LogP contribution in [0.3, 0.4) is 0 Å². The van der Waals surface area contributed by atoms with Crippen molar-refractivity contribution in [2.24, 2.45) is 0 Å². The van der Waals surface area contributed by atoms with Gasteiger partial charge in [0.05, 0.1) is 13.4 Å². The Bertz CT molecular complexity index is 1170. The molecule has 0 spiro atoms. The number of hydrogen-bond donors (Lipinski definition) is 1. The minimum absolute atomic E-state index is 0.0241. The van der Waals surface area contributed by atoms with E-state index in [2.05, 4.69) is 4.98 Å². The first-order valence-electron chi connectivity index (χ1n) is 10.5. The summed E-state index contributed by atoms with van der Waals surface area (Å²) in [5.41, 5.74) is 1.28. The highest BCUT2D eigenvalue weighted by Crippen LogP contribution is 2.34. The molecule has 34 heavy (non-hydrogen) atoms. The monoisotopic (exact) mass is 488 g/mol.